The zero-order chi connectivity index (χ0) is 12.1. The first-order valence-electron chi connectivity index (χ1n) is 7.67. The van der Waals surface area contributed by atoms with Crippen molar-refractivity contribution in [2.24, 2.45) is 5.73 Å². The third kappa shape index (κ3) is 3.69. The highest BCUT2D eigenvalue weighted by Gasteiger charge is 2.40. The Bertz CT molecular complexity index is 223. The van der Waals surface area contributed by atoms with E-state index in [0.29, 0.717) is 17.7 Å². The molecular formula is C15H29NO. The molecule has 1 spiro atoms. The van der Waals surface area contributed by atoms with Crippen LogP contribution in [0.15, 0.2) is 0 Å². The van der Waals surface area contributed by atoms with Crippen LogP contribution in [0.2, 0.25) is 0 Å². The lowest BCUT2D eigenvalue weighted by atomic mass is 9.83. The highest BCUT2D eigenvalue weighted by atomic mass is 16.5. The fraction of sp³-hybridized carbons (Fsp3) is 1.00. The highest BCUT2D eigenvalue weighted by molar-refractivity contribution is 4.91. The molecule has 17 heavy (non-hydrogen) atoms. The fourth-order valence-electron chi connectivity index (χ4n) is 3.47. The predicted octanol–water partition coefficient (Wildman–Crippen LogP) is 3.78. The van der Waals surface area contributed by atoms with Gasteiger partial charge in [0.15, 0.2) is 0 Å². The summed E-state index contributed by atoms with van der Waals surface area (Å²) in [5, 5.41) is 0. The zero-order valence-electron chi connectivity index (χ0n) is 11.4. The van der Waals surface area contributed by atoms with Gasteiger partial charge in [-0.25, -0.2) is 0 Å². The summed E-state index contributed by atoms with van der Waals surface area (Å²) < 4.78 is 6.36. The Labute approximate surface area is 106 Å². The molecule has 2 unspecified atom stereocenters. The van der Waals surface area contributed by atoms with Crippen molar-refractivity contribution in [1.29, 1.82) is 0 Å². The fourth-order valence-corrected chi connectivity index (χ4v) is 3.47. The van der Waals surface area contributed by atoms with Gasteiger partial charge in [0, 0.05) is 6.04 Å². The summed E-state index contributed by atoms with van der Waals surface area (Å²) >= 11 is 0. The minimum Gasteiger partial charge on any atom is -0.372 e. The summed E-state index contributed by atoms with van der Waals surface area (Å²) in [6.07, 6.45) is 14.7. The Morgan fingerprint density at radius 3 is 2.71 bits per heavy atom. The number of rotatable bonds is 5. The molecule has 0 bridgehead atoms. The van der Waals surface area contributed by atoms with Crippen LogP contribution < -0.4 is 5.73 Å². The average Bonchev–Trinajstić information content (AvgIpc) is 2.73. The lowest BCUT2D eigenvalue weighted by molar-refractivity contribution is -0.0661. The van der Waals surface area contributed by atoms with Crippen molar-refractivity contribution in [2.45, 2.75) is 95.3 Å². The first-order valence-corrected chi connectivity index (χ1v) is 7.67. The van der Waals surface area contributed by atoms with Crippen molar-refractivity contribution in [3.63, 3.8) is 0 Å². The van der Waals surface area contributed by atoms with Crippen molar-refractivity contribution in [2.75, 3.05) is 0 Å². The van der Waals surface area contributed by atoms with Gasteiger partial charge in [-0.15, -0.1) is 0 Å². The van der Waals surface area contributed by atoms with Crippen LogP contribution in [0, 0.1) is 0 Å². The Morgan fingerprint density at radius 2 is 2.00 bits per heavy atom. The SMILES string of the molecule is CCC(N)CCCC1CCC2(CCCCC2)O1. The summed E-state index contributed by atoms with van der Waals surface area (Å²) in [4.78, 5) is 0. The Balaban J connectivity index is 1.67. The lowest BCUT2D eigenvalue weighted by Gasteiger charge is -2.33. The standard InChI is InChI=1S/C15H29NO/c1-2-13(16)7-6-8-14-9-12-15(17-14)10-4-3-5-11-15/h13-14H,2-12,16H2,1H3. The van der Waals surface area contributed by atoms with E-state index in [-0.39, 0.29) is 0 Å². The average molecular weight is 239 g/mol. The van der Waals surface area contributed by atoms with Gasteiger partial charge >= 0.3 is 0 Å². The van der Waals surface area contributed by atoms with E-state index in [2.05, 4.69) is 6.92 Å². The Hall–Kier alpha value is -0.0800. The van der Waals surface area contributed by atoms with Crippen molar-refractivity contribution >= 4 is 0 Å². The van der Waals surface area contributed by atoms with Gasteiger partial charge in [-0.3, -0.25) is 0 Å². The first kappa shape index (κ1) is 13.4. The van der Waals surface area contributed by atoms with Crippen LogP contribution in [-0.4, -0.2) is 17.7 Å². The second-order valence-corrected chi connectivity index (χ2v) is 6.12. The van der Waals surface area contributed by atoms with Gasteiger partial charge in [0.25, 0.3) is 0 Å². The van der Waals surface area contributed by atoms with Gasteiger partial charge in [-0.2, -0.15) is 0 Å². The predicted molar refractivity (Wildman–Crippen MR) is 72.0 cm³/mol. The van der Waals surface area contributed by atoms with E-state index in [1.54, 1.807) is 0 Å². The molecule has 1 aliphatic carbocycles. The summed E-state index contributed by atoms with van der Waals surface area (Å²) in [5.74, 6) is 0. The van der Waals surface area contributed by atoms with Crippen molar-refractivity contribution < 1.29 is 4.74 Å². The molecule has 0 aromatic heterocycles. The molecule has 2 N–H and O–H groups in total. The summed E-state index contributed by atoms with van der Waals surface area (Å²) in [6.45, 7) is 2.17. The Kier molecular flexibility index (Phi) is 4.87. The number of hydrogen-bond donors (Lipinski definition) is 1. The normalized spacial score (nSPS) is 29.6. The van der Waals surface area contributed by atoms with E-state index in [1.807, 2.05) is 0 Å². The summed E-state index contributed by atoms with van der Waals surface area (Å²) in [5.41, 5.74) is 6.25. The molecule has 1 saturated carbocycles. The second-order valence-electron chi connectivity index (χ2n) is 6.12. The van der Waals surface area contributed by atoms with Gasteiger partial charge < -0.3 is 10.5 Å². The lowest BCUT2D eigenvalue weighted by Crippen LogP contribution is -2.31. The van der Waals surface area contributed by atoms with Crippen LogP contribution in [0.3, 0.4) is 0 Å². The quantitative estimate of drug-likeness (QED) is 0.792. The highest BCUT2D eigenvalue weighted by Crippen LogP contribution is 2.42. The monoisotopic (exact) mass is 239 g/mol. The van der Waals surface area contributed by atoms with E-state index in [0.717, 1.165) is 6.42 Å². The molecule has 2 aliphatic rings. The van der Waals surface area contributed by atoms with Crippen molar-refractivity contribution in [3.8, 4) is 0 Å². The summed E-state index contributed by atoms with van der Waals surface area (Å²) in [7, 11) is 0. The molecule has 2 rings (SSSR count). The second kappa shape index (κ2) is 6.19. The maximum atomic E-state index is 6.36. The number of nitrogens with two attached hydrogens (primary N) is 1. The van der Waals surface area contributed by atoms with Gasteiger partial charge in [0.2, 0.25) is 0 Å². The molecular weight excluding hydrogens is 210 g/mol. The minimum absolute atomic E-state index is 0.301. The minimum atomic E-state index is 0.301. The molecule has 100 valence electrons. The largest absolute Gasteiger partial charge is 0.372 e. The van der Waals surface area contributed by atoms with Crippen LogP contribution in [0.4, 0.5) is 0 Å². The Morgan fingerprint density at radius 1 is 1.24 bits per heavy atom. The van der Waals surface area contributed by atoms with Crippen molar-refractivity contribution in [3.05, 3.63) is 0 Å². The van der Waals surface area contributed by atoms with Crippen LogP contribution >= 0.6 is 0 Å². The molecule has 2 nitrogen and oxygen atoms in total. The van der Waals surface area contributed by atoms with Crippen LogP contribution in [0.25, 0.3) is 0 Å². The molecule has 1 aliphatic heterocycles. The van der Waals surface area contributed by atoms with Crippen LogP contribution in [0.1, 0.15) is 77.6 Å². The molecule has 2 atom stereocenters. The van der Waals surface area contributed by atoms with Crippen LogP contribution in [-0.2, 0) is 4.74 Å². The van der Waals surface area contributed by atoms with Gasteiger partial charge in [-0.05, 0) is 51.4 Å². The molecule has 2 fully saturated rings. The molecule has 1 heterocycles. The summed E-state index contributed by atoms with van der Waals surface area (Å²) in [6, 6.07) is 0.403. The van der Waals surface area contributed by atoms with Gasteiger partial charge in [0.05, 0.1) is 11.7 Å². The van der Waals surface area contributed by atoms with E-state index in [1.165, 1.54) is 64.2 Å². The topological polar surface area (TPSA) is 35.2 Å². The van der Waals surface area contributed by atoms with Crippen LogP contribution in [0.5, 0.6) is 0 Å². The third-order valence-corrected chi connectivity index (χ3v) is 4.73. The van der Waals surface area contributed by atoms with Gasteiger partial charge in [-0.1, -0.05) is 26.2 Å². The first-order chi connectivity index (χ1) is 8.24. The molecule has 0 aromatic rings. The molecule has 1 saturated heterocycles. The number of ether oxygens (including phenoxy) is 1. The zero-order valence-corrected chi connectivity index (χ0v) is 11.4. The maximum absolute atomic E-state index is 6.36. The third-order valence-electron chi connectivity index (χ3n) is 4.73. The maximum Gasteiger partial charge on any atom is 0.0687 e. The smallest absolute Gasteiger partial charge is 0.0687 e. The van der Waals surface area contributed by atoms with Gasteiger partial charge in [0.1, 0.15) is 0 Å². The molecule has 0 radical (unpaired) electrons. The number of hydrogen-bond acceptors (Lipinski definition) is 2. The van der Waals surface area contributed by atoms with E-state index >= 15 is 0 Å². The van der Waals surface area contributed by atoms with E-state index < -0.39 is 0 Å². The molecule has 2 heteroatoms. The van der Waals surface area contributed by atoms with E-state index in [9.17, 15) is 0 Å². The molecule has 0 amide bonds. The molecule has 0 aromatic carbocycles. The van der Waals surface area contributed by atoms with E-state index in [4.69, 9.17) is 10.5 Å². The van der Waals surface area contributed by atoms with Crippen molar-refractivity contribution in [1.82, 2.24) is 0 Å².